The number of piperidine rings is 1. The number of pyridine rings is 1. The summed E-state index contributed by atoms with van der Waals surface area (Å²) in [5.41, 5.74) is 0.734. The SMILES string of the molecule is O=C1CCN(c2ccc(N3CCC(CN4CCNCC4)CC3)nc2)C(=O)N1. The molecule has 0 atom stereocenters. The minimum Gasteiger partial charge on any atom is -0.357 e. The largest absolute Gasteiger partial charge is 0.357 e. The van der Waals surface area contributed by atoms with E-state index in [4.69, 9.17) is 0 Å². The second-order valence-electron chi connectivity index (χ2n) is 7.61. The molecule has 3 amide bonds. The summed E-state index contributed by atoms with van der Waals surface area (Å²) in [7, 11) is 0. The third-order valence-corrected chi connectivity index (χ3v) is 5.76. The highest BCUT2D eigenvalue weighted by Crippen LogP contribution is 2.25. The van der Waals surface area contributed by atoms with Crippen LogP contribution < -0.4 is 20.4 Å². The highest BCUT2D eigenvalue weighted by Gasteiger charge is 2.26. The van der Waals surface area contributed by atoms with Crippen molar-refractivity contribution in [3.8, 4) is 0 Å². The van der Waals surface area contributed by atoms with Gasteiger partial charge < -0.3 is 15.1 Å². The van der Waals surface area contributed by atoms with E-state index in [-0.39, 0.29) is 11.9 Å². The second kappa shape index (κ2) is 8.22. The van der Waals surface area contributed by atoms with Gasteiger partial charge in [0, 0.05) is 58.8 Å². The van der Waals surface area contributed by atoms with Crippen molar-refractivity contribution in [1.82, 2.24) is 20.5 Å². The van der Waals surface area contributed by atoms with E-state index in [1.54, 1.807) is 11.1 Å². The van der Waals surface area contributed by atoms with Gasteiger partial charge in [-0.1, -0.05) is 0 Å². The van der Waals surface area contributed by atoms with Crippen LogP contribution in [0.15, 0.2) is 18.3 Å². The van der Waals surface area contributed by atoms with Gasteiger partial charge in [-0.2, -0.15) is 0 Å². The Morgan fingerprint density at radius 3 is 2.48 bits per heavy atom. The molecule has 4 rings (SSSR count). The fourth-order valence-electron chi connectivity index (χ4n) is 4.14. The van der Waals surface area contributed by atoms with Crippen LogP contribution in [0.5, 0.6) is 0 Å². The lowest BCUT2D eigenvalue weighted by molar-refractivity contribution is -0.120. The van der Waals surface area contributed by atoms with E-state index in [1.807, 2.05) is 12.1 Å². The van der Waals surface area contributed by atoms with Crippen LogP contribution in [0.2, 0.25) is 0 Å². The summed E-state index contributed by atoms with van der Waals surface area (Å²) >= 11 is 0. The molecule has 1 aromatic heterocycles. The van der Waals surface area contributed by atoms with Crippen LogP contribution in [0.4, 0.5) is 16.3 Å². The molecule has 4 heterocycles. The normalized spacial score (nSPS) is 22.8. The topological polar surface area (TPSA) is 80.8 Å². The van der Waals surface area contributed by atoms with Crippen LogP contribution >= 0.6 is 0 Å². The third kappa shape index (κ3) is 4.39. The number of nitrogens with zero attached hydrogens (tertiary/aromatic N) is 4. The van der Waals surface area contributed by atoms with Gasteiger partial charge >= 0.3 is 6.03 Å². The average Bonchev–Trinajstić information content (AvgIpc) is 2.70. The molecule has 0 bridgehead atoms. The van der Waals surface area contributed by atoms with E-state index in [2.05, 4.69) is 25.4 Å². The quantitative estimate of drug-likeness (QED) is 0.808. The van der Waals surface area contributed by atoms with Gasteiger partial charge in [0.1, 0.15) is 5.82 Å². The Kier molecular flexibility index (Phi) is 5.54. The lowest BCUT2D eigenvalue weighted by Gasteiger charge is -2.36. The van der Waals surface area contributed by atoms with Gasteiger partial charge in [0.2, 0.25) is 5.91 Å². The minimum atomic E-state index is -0.366. The molecule has 0 saturated carbocycles. The first kappa shape index (κ1) is 18.2. The highest BCUT2D eigenvalue weighted by atomic mass is 16.2. The molecule has 3 aliphatic rings. The molecule has 1 aromatic rings. The molecule has 8 heteroatoms. The smallest absolute Gasteiger partial charge is 0.328 e. The number of anilines is 2. The lowest BCUT2D eigenvalue weighted by Crippen LogP contribution is -2.49. The molecule has 0 aromatic carbocycles. The molecule has 0 aliphatic carbocycles. The van der Waals surface area contributed by atoms with E-state index >= 15 is 0 Å². The third-order valence-electron chi connectivity index (χ3n) is 5.76. The van der Waals surface area contributed by atoms with Crippen molar-refractivity contribution in [3.63, 3.8) is 0 Å². The number of hydrogen-bond acceptors (Lipinski definition) is 6. The number of hydrogen-bond donors (Lipinski definition) is 2. The molecule has 3 fully saturated rings. The summed E-state index contributed by atoms with van der Waals surface area (Å²) in [6.07, 6.45) is 4.46. The number of carbonyl (C=O) groups is 2. The maximum Gasteiger partial charge on any atom is 0.328 e. The standard InChI is InChI=1S/C19H28N6O2/c26-18-5-10-25(19(27)22-18)16-1-2-17(21-13-16)24-8-3-15(4-9-24)14-23-11-6-20-7-12-23/h1-2,13,15,20H,3-12,14H2,(H,22,26,27). The number of aromatic nitrogens is 1. The first-order valence-corrected chi connectivity index (χ1v) is 9.94. The Hall–Kier alpha value is -2.19. The number of nitrogens with one attached hydrogen (secondary N) is 2. The summed E-state index contributed by atoms with van der Waals surface area (Å²) in [4.78, 5) is 34.3. The zero-order valence-electron chi connectivity index (χ0n) is 15.7. The summed E-state index contributed by atoms with van der Waals surface area (Å²) in [5, 5.41) is 5.76. The maximum absolute atomic E-state index is 11.9. The molecule has 2 N–H and O–H groups in total. The van der Waals surface area contributed by atoms with E-state index < -0.39 is 0 Å². The van der Waals surface area contributed by atoms with Crippen LogP contribution in [0.25, 0.3) is 0 Å². The summed E-state index contributed by atoms with van der Waals surface area (Å²) < 4.78 is 0. The summed E-state index contributed by atoms with van der Waals surface area (Å²) in [6.45, 7) is 8.23. The van der Waals surface area contributed by atoms with Gasteiger partial charge in [0.15, 0.2) is 0 Å². The van der Waals surface area contributed by atoms with Crippen LogP contribution in [-0.2, 0) is 4.79 Å². The minimum absolute atomic E-state index is 0.218. The Morgan fingerprint density at radius 2 is 1.81 bits per heavy atom. The number of carbonyl (C=O) groups excluding carboxylic acids is 2. The van der Waals surface area contributed by atoms with Crippen molar-refractivity contribution in [3.05, 3.63) is 18.3 Å². The van der Waals surface area contributed by atoms with E-state index in [1.165, 1.54) is 32.5 Å². The van der Waals surface area contributed by atoms with Crippen LogP contribution in [0.1, 0.15) is 19.3 Å². The predicted molar refractivity (Wildman–Crippen MR) is 104 cm³/mol. The number of rotatable bonds is 4. The summed E-state index contributed by atoms with van der Waals surface area (Å²) in [6, 6.07) is 3.54. The first-order valence-electron chi connectivity index (χ1n) is 9.94. The van der Waals surface area contributed by atoms with Gasteiger partial charge in [0.25, 0.3) is 0 Å². The van der Waals surface area contributed by atoms with Crippen molar-refractivity contribution in [2.75, 3.05) is 62.2 Å². The van der Waals surface area contributed by atoms with E-state index in [0.717, 1.165) is 43.6 Å². The molecule has 8 nitrogen and oxygen atoms in total. The van der Waals surface area contributed by atoms with Crippen molar-refractivity contribution in [2.45, 2.75) is 19.3 Å². The molecular weight excluding hydrogens is 344 g/mol. The molecule has 3 aliphatic heterocycles. The molecule has 3 saturated heterocycles. The van der Waals surface area contributed by atoms with Crippen LogP contribution in [0.3, 0.4) is 0 Å². The number of imide groups is 1. The second-order valence-corrected chi connectivity index (χ2v) is 7.61. The average molecular weight is 372 g/mol. The van der Waals surface area contributed by atoms with Gasteiger partial charge in [0.05, 0.1) is 11.9 Å². The highest BCUT2D eigenvalue weighted by molar-refractivity contribution is 6.05. The fraction of sp³-hybridized carbons (Fsp3) is 0.632. The van der Waals surface area contributed by atoms with Crippen molar-refractivity contribution in [1.29, 1.82) is 0 Å². The van der Waals surface area contributed by atoms with Crippen LogP contribution in [0, 0.1) is 5.92 Å². The molecule has 0 spiro atoms. The molecule has 27 heavy (non-hydrogen) atoms. The maximum atomic E-state index is 11.9. The first-order chi connectivity index (χ1) is 13.2. The molecule has 0 radical (unpaired) electrons. The van der Waals surface area contributed by atoms with Crippen molar-refractivity contribution >= 4 is 23.4 Å². The number of amides is 3. The Bertz CT molecular complexity index is 665. The fourth-order valence-corrected chi connectivity index (χ4v) is 4.14. The van der Waals surface area contributed by atoms with Gasteiger partial charge in [-0.25, -0.2) is 9.78 Å². The van der Waals surface area contributed by atoms with Crippen molar-refractivity contribution in [2.24, 2.45) is 5.92 Å². The predicted octanol–water partition coefficient (Wildman–Crippen LogP) is 0.650. The van der Waals surface area contributed by atoms with Crippen LogP contribution in [-0.4, -0.2) is 74.2 Å². The molecule has 0 unspecified atom stereocenters. The van der Waals surface area contributed by atoms with Crippen molar-refractivity contribution < 1.29 is 9.59 Å². The zero-order valence-corrected chi connectivity index (χ0v) is 15.7. The Labute approximate surface area is 159 Å². The Morgan fingerprint density at radius 1 is 1.04 bits per heavy atom. The zero-order chi connectivity index (χ0) is 18.6. The number of piperazine rings is 1. The lowest BCUT2D eigenvalue weighted by atomic mass is 9.96. The van der Waals surface area contributed by atoms with E-state index in [9.17, 15) is 9.59 Å². The molecular formula is C19H28N6O2. The van der Waals surface area contributed by atoms with E-state index in [0.29, 0.717) is 13.0 Å². The Balaban J connectivity index is 1.29. The summed E-state index contributed by atoms with van der Waals surface area (Å²) in [5.74, 6) is 1.52. The number of urea groups is 1. The monoisotopic (exact) mass is 372 g/mol. The van der Waals surface area contributed by atoms with Gasteiger partial charge in [-0.3, -0.25) is 15.0 Å². The molecule has 146 valence electrons. The van der Waals surface area contributed by atoms with Gasteiger partial charge in [-0.05, 0) is 30.9 Å². The van der Waals surface area contributed by atoms with Gasteiger partial charge in [-0.15, -0.1) is 0 Å².